The van der Waals surface area contributed by atoms with E-state index in [-0.39, 0.29) is 11.8 Å². The van der Waals surface area contributed by atoms with Crippen LogP contribution in [0.4, 0.5) is 13.2 Å². The number of hydrogen-bond donors (Lipinski definition) is 1. The molecule has 1 aromatic rings. The minimum atomic E-state index is -4.65. The number of rotatable bonds is 2. The van der Waals surface area contributed by atoms with Gasteiger partial charge < -0.3 is 10.1 Å². The molecule has 2 unspecified atom stereocenters. The molecule has 108 valence electrons. The average molecular weight is 283 g/mol. The molecule has 20 heavy (non-hydrogen) atoms. The summed E-state index contributed by atoms with van der Waals surface area (Å²) >= 11 is 0. The fourth-order valence-corrected chi connectivity index (χ4v) is 3.07. The van der Waals surface area contributed by atoms with Crippen LogP contribution in [-0.2, 0) is 0 Å². The third kappa shape index (κ3) is 2.98. The second-order valence-electron chi connectivity index (χ2n) is 5.34. The first kappa shape index (κ1) is 13.5. The summed E-state index contributed by atoms with van der Waals surface area (Å²) < 4.78 is 41.5. The van der Waals surface area contributed by atoms with Crippen LogP contribution in [-0.4, -0.2) is 18.4 Å². The van der Waals surface area contributed by atoms with Crippen molar-refractivity contribution in [1.82, 2.24) is 5.32 Å². The Morgan fingerprint density at radius 3 is 2.70 bits per heavy atom. The van der Waals surface area contributed by atoms with Crippen molar-refractivity contribution in [2.75, 3.05) is 0 Å². The number of alkyl halides is 3. The molecule has 2 aliphatic heterocycles. The average Bonchev–Trinajstić information content (AvgIpc) is 2.37. The van der Waals surface area contributed by atoms with Gasteiger partial charge in [-0.1, -0.05) is 30.7 Å². The smallest absolute Gasteiger partial charge is 0.405 e. The van der Waals surface area contributed by atoms with Crippen LogP contribution >= 0.6 is 0 Å². The van der Waals surface area contributed by atoms with E-state index >= 15 is 0 Å². The van der Waals surface area contributed by atoms with Gasteiger partial charge in [0.1, 0.15) is 5.75 Å². The van der Waals surface area contributed by atoms with E-state index in [1.165, 1.54) is 12.5 Å². The monoisotopic (exact) mass is 283 g/mol. The van der Waals surface area contributed by atoms with Gasteiger partial charge in [0, 0.05) is 17.6 Å². The fourth-order valence-electron chi connectivity index (χ4n) is 3.07. The number of fused-ring (bicyclic) bond motifs is 2. The molecule has 5 heteroatoms. The minimum absolute atomic E-state index is 0.105. The number of hydrogen-bond acceptors (Lipinski definition) is 2. The molecule has 3 rings (SSSR count). The molecule has 0 amide bonds. The Balaban J connectivity index is 1.92. The number of piperidine rings is 1. The summed E-state index contributed by atoms with van der Waals surface area (Å²) in [7, 11) is 0. The van der Waals surface area contributed by atoms with Gasteiger partial charge in [-0.25, -0.2) is 0 Å². The van der Waals surface area contributed by atoms with Crippen molar-refractivity contribution in [1.29, 1.82) is 0 Å². The molecule has 2 heterocycles. The van der Waals surface area contributed by atoms with E-state index in [4.69, 9.17) is 0 Å². The Morgan fingerprint density at radius 1 is 1.15 bits per heavy atom. The van der Waals surface area contributed by atoms with Gasteiger partial charge in [0.05, 0.1) is 0 Å². The van der Waals surface area contributed by atoms with Gasteiger partial charge in [0.25, 0.3) is 0 Å². The second kappa shape index (κ2) is 5.13. The number of para-hydroxylation sites is 1. The number of halogens is 3. The zero-order chi connectivity index (χ0) is 14.2. The Labute approximate surface area is 115 Å². The Bertz CT molecular complexity index is 524. The van der Waals surface area contributed by atoms with E-state index in [0.717, 1.165) is 24.8 Å². The predicted molar refractivity (Wildman–Crippen MR) is 70.3 cm³/mol. The van der Waals surface area contributed by atoms with Crippen LogP contribution in [0.15, 0.2) is 30.3 Å². The van der Waals surface area contributed by atoms with E-state index in [1.54, 1.807) is 18.2 Å². The number of ether oxygens (including phenoxy) is 1. The molecule has 0 radical (unpaired) electrons. The molecule has 0 saturated carbocycles. The Morgan fingerprint density at radius 2 is 1.95 bits per heavy atom. The predicted octanol–water partition coefficient (Wildman–Crippen LogP) is 3.88. The van der Waals surface area contributed by atoms with E-state index in [1.807, 2.05) is 6.08 Å². The summed E-state index contributed by atoms with van der Waals surface area (Å²) in [6.07, 6.45) is 1.45. The lowest BCUT2D eigenvalue weighted by Gasteiger charge is -2.35. The van der Waals surface area contributed by atoms with Crippen LogP contribution in [0.25, 0.3) is 5.57 Å². The summed E-state index contributed by atoms with van der Waals surface area (Å²) in [5, 5.41) is 3.48. The van der Waals surface area contributed by atoms with Crippen molar-refractivity contribution >= 4 is 5.57 Å². The molecule has 1 saturated heterocycles. The highest BCUT2D eigenvalue weighted by Crippen LogP contribution is 2.36. The Hall–Kier alpha value is -1.49. The summed E-state index contributed by atoms with van der Waals surface area (Å²) in [6, 6.07) is 7.03. The van der Waals surface area contributed by atoms with Crippen molar-refractivity contribution in [3.8, 4) is 5.75 Å². The normalized spacial score (nSPS) is 26.1. The highest BCUT2D eigenvalue weighted by atomic mass is 19.4. The van der Waals surface area contributed by atoms with Gasteiger partial charge in [0.15, 0.2) is 0 Å². The largest absolute Gasteiger partial charge is 0.573 e. The molecular formula is C15H16F3NO. The molecule has 2 atom stereocenters. The first-order valence-corrected chi connectivity index (χ1v) is 6.83. The molecule has 2 aliphatic rings. The van der Waals surface area contributed by atoms with Crippen LogP contribution < -0.4 is 10.1 Å². The topological polar surface area (TPSA) is 21.3 Å². The highest BCUT2D eigenvalue weighted by molar-refractivity contribution is 5.72. The van der Waals surface area contributed by atoms with Gasteiger partial charge in [-0.3, -0.25) is 0 Å². The number of nitrogens with one attached hydrogen (secondary N) is 1. The van der Waals surface area contributed by atoms with Gasteiger partial charge in [-0.15, -0.1) is 13.2 Å². The zero-order valence-electron chi connectivity index (χ0n) is 10.9. The molecular weight excluding hydrogens is 267 g/mol. The summed E-state index contributed by atoms with van der Waals surface area (Å²) in [4.78, 5) is 0. The van der Waals surface area contributed by atoms with E-state index < -0.39 is 6.36 Å². The van der Waals surface area contributed by atoms with Crippen molar-refractivity contribution in [2.24, 2.45) is 0 Å². The van der Waals surface area contributed by atoms with Gasteiger partial charge in [-0.2, -0.15) is 0 Å². The summed E-state index contributed by atoms with van der Waals surface area (Å²) in [6.45, 7) is 0. The first-order chi connectivity index (χ1) is 9.51. The van der Waals surface area contributed by atoms with E-state index in [2.05, 4.69) is 10.1 Å². The van der Waals surface area contributed by atoms with Crippen LogP contribution in [0.3, 0.4) is 0 Å². The molecule has 1 aromatic carbocycles. The maximum atomic E-state index is 12.5. The van der Waals surface area contributed by atoms with Crippen LogP contribution in [0.5, 0.6) is 5.75 Å². The standard InChI is InChI=1S/C15H16F3NO/c16-15(17,18)20-14-7-2-1-6-13(14)10-8-11-4-3-5-12(9-10)19-11/h1-2,6-8,11-12,19H,3-5,9H2. The zero-order valence-corrected chi connectivity index (χ0v) is 10.9. The second-order valence-corrected chi connectivity index (χ2v) is 5.34. The third-order valence-electron chi connectivity index (χ3n) is 3.84. The third-order valence-corrected chi connectivity index (χ3v) is 3.84. The minimum Gasteiger partial charge on any atom is -0.405 e. The van der Waals surface area contributed by atoms with Crippen molar-refractivity contribution in [3.05, 3.63) is 35.9 Å². The highest BCUT2D eigenvalue weighted by Gasteiger charge is 2.33. The number of benzene rings is 1. The van der Waals surface area contributed by atoms with Crippen molar-refractivity contribution in [3.63, 3.8) is 0 Å². The molecule has 0 aliphatic carbocycles. The lowest BCUT2D eigenvalue weighted by Crippen LogP contribution is -2.44. The lowest BCUT2D eigenvalue weighted by molar-refractivity contribution is -0.274. The summed E-state index contributed by atoms with van der Waals surface area (Å²) in [5.41, 5.74) is 1.52. The van der Waals surface area contributed by atoms with Gasteiger partial charge in [0.2, 0.25) is 0 Å². The molecule has 0 spiro atoms. The molecule has 2 nitrogen and oxygen atoms in total. The van der Waals surface area contributed by atoms with Crippen molar-refractivity contribution < 1.29 is 17.9 Å². The SMILES string of the molecule is FC(F)(F)Oc1ccccc1C1=CC2CCCC(C1)N2. The van der Waals surface area contributed by atoms with E-state index in [9.17, 15) is 13.2 Å². The first-order valence-electron chi connectivity index (χ1n) is 6.83. The van der Waals surface area contributed by atoms with Crippen molar-refractivity contribution in [2.45, 2.75) is 44.1 Å². The molecule has 0 aromatic heterocycles. The maximum Gasteiger partial charge on any atom is 0.573 e. The molecule has 2 bridgehead atoms. The van der Waals surface area contributed by atoms with Crippen LogP contribution in [0, 0.1) is 0 Å². The Kier molecular flexibility index (Phi) is 3.46. The van der Waals surface area contributed by atoms with E-state index in [0.29, 0.717) is 11.6 Å². The molecule has 1 fully saturated rings. The summed E-state index contributed by atoms with van der Waals surface area (Å²) in [5.74, 6) is -0.105. The molecule has 1 N–H and O–H groups in total. The fraction of sp³-hybridized carbons (Fsp3) is 0.467. The van der Waals surface area contributed by atoms with Crippen LogP contribution in [0.1, 0.15) is 31.2 Å². The van der Waals surface area contributed by atoms with Gasteiger partial charge in [-0.05, 0) is 30.9 Å². The maximum absolute atomic E-state index is 12.5. The van der Waals surface area contributed by atoms with Crippen LogP contribution in [0.2, 0.25) is 0 Å². The van der Waals surface area contributed by atoms with Gasteiger partial charge >= 0.3 is 6.36 Å². The lowest BCUT2D eigenvalue weighted by atomic mass is 9.84. The quantitative estimate of drug-likeness (QED) is 0.889.